The fraction of sp³-hybridized carbons (Fsp3) is 0.333. The van der Waals surface area contributed by atoms with E-state index < -0.39 is 5.76 Å². The van der Waals surface area contributed by atoms with Crippen molar-refractivity contribution < 1.29 is 18.7 Å². The maximum atomic E-state index is 13.1. The zero-order valence-electron chi connectivity index (χ0n) is 15.9. The molecule has 0 spiro atoms. The molecule has 4 rings (SSSR count). The minimum atomic E-state index is -0.524. The Morgan fingerprint density at radius 2 is 1.96 bits per heavy atom. The van der Waals surface area contributed by atoms with Crippen molar-refractivity contribution in [3.8, 4) is 11.5 Å². The number of nitrogens with zero attached hydrogens (tertiary/aromatic N) is 2. The second-order valence-electron chi connectivity index (χ2n) is 6.85. The number of amides is 1. The first-order valence-corrected chi connectivity index (χ1v) is 9.19. The van der Waals surface area contributed by atoms with Crippen molar-refractivity contribution in [2.45, 2.75) is 32.0 Å². The molecule has 0 saturated heterocycles. The number of para-hydroxylation sites is 2. The van der Waals surface area contributed by atoms with Crippen LogP contribution >= 0.6 is 0 Å². The number of hydrogen-bond donors (Lipinski definition) is 0. The molecule has 3 aromatic rings. The average molecular weight is 382 g/mol. The molecule has 2 aromatic carbocycles. The van der Waals surface area contributed by atoms with Gasteiger partial charge < -0.3 is 18.8 Å². The van der Waals surface area contributed by atoms with Gasteiger partial charge in [-0.1, -0.05) is 12.1 Å². The first kappa shape index (κ1) is 18.2. The summed E-state index contributed by atoms with van der Waals surface area (Å²) in [6.07, 6.45) is 1.91. The van der Waals surface area contributed by atoms with Gasteiger partial charge in [0.1, 0.15) is 18.0 Å². The third kappa shape index (κ3) is 3.47. The van der Waals surface area contributed by atoms with Gasteiger partial charge in [-0.05, 0) is 43.2 Å². The first-order chi connectivity index (χ1) is 13.6. The predicted molar refractivity (Wildman–Crippen MR) is 104 cm³/mol. The largest absolute Gasteiger partial charge is 0.497 e. The van der Waals surface area contributed by atoms with Crippen LogP contribution in [0.15, 0.2) is 51.7 Å². The molecular weight excluding hydrogens is 360 g/mol. The van der Waals surface area contributed by atoms with Crippen LogP contribution in [0.25, 0.3) is 11.1 Å². The van der Waals surface area contributed by atoms with Gasteiger partial charge in [-0.3, -0.25) is 9.36 Å². The minimum Gasteiger partial charge on any atom is -0.497 e. The van der Waals surface area contributed by atoms with Gasteiger partial charge in [-0.25, -0.2) is 4.79 Å². The van der Waals surface area contributed by atoms with Crippen LogP contribution in [0, 0.1) is 0 Å². The first-order valence-electron chi connectivity index (χ1n) is 9.19. The number of benzene rings is 2. The van der Waals surface area contributed by atoms with Crippen molar-refractivity contribution in [2.24, 2.45) is 0 Å². The summed E-state index contributed by atoms with van der Waals surface area (Å²) in [5.74, 6) is 0.756. The number of fused-ring (bicyclic) bond motifs is 1. The molecule has 1 aliphatic rings. The number of ether oxygens (including phenoxy) is 2. The second kappa shape index (κ2) is 7.42. The molecule has 0 unspecified atom stereocenters. The molecule has 1 fully saturated rings. The fourth-order valence-electron chi connectivity index (χ4n) is 3.39. The number of carbonyl (C=O) groups excluding carboxylic acids is 1. The van der Waals surface area contributed by atoms with Gasteiger partial charge in [0, 0.05) is 18.2 Å². The number of methoxy groups -OCH3 is 2. The van der Waals surface area contributed by atoms with E-state index in [2.05, 4.69) is 0 Å². The lowest BCUT2D eigenvalue weighted by molar-refractivity contribution is -0.133. The van der Waals surface area contributed by atoms with Crippen molar-refractivity contribution in [3.05, 3.63) is 58.6 Å². The minimum absolute atomic E-state index is 0.0569. The SMILES string of the molecule is COc1ccc(OC)c(CN(C(=O)Cn2c(=O)oc3ccccc32)C2CC2)c1. The zero-order valence-corrected chi connectivity index (χ0v) is 15.9. The number of oxazole rings is 1. The molecule has 0 bridgehead atoms. The molecule has 1 amide bonds. The summed E-state index contributed by atoms with van der Waals surface area (Å²) in [6.45, 7) is 0.340. The van der Waals surface area contributed by atoms with E-state index >= 15 is 0 Å². The summed E-state index contributed by atoms with van der Waals surface area (Å²) in [5, 5.41) is 0. The lowest BCUT2D eigenvalue weighted by atomic mass is 10.1. The van der Waals surface area contributed by atoms with Crippen LogP contribution in [0.4, 0.5) is 0 Å². The number of carbonyl (C=O) groups is 1. The lowest BCUT2D eigenvalue weighted by Crippen LogP contribution is -2.37. The van der Waals surface area contributed by atoms with Gasteiger partial charge in [0.05, 0.1) is 19.7 Å². The van der Waals surface area contributed by atoms with Gasteiger partial charge in [-0.15, -0.1) is 0 Å². The molecule has 0 atom stereocenters. The van der Waals surface area contributed by atoms with E-state index in [9.17, 15) is 9.59 Å². The molecule has 0 aliphatic heterocycles. The summed E-state index contributed by atoms with van der Waals surface area (Å²) in [4.78, 5) is 27.1. The van der Waals surface area contributed by atoms with E-state index in [4.69, 9.17) is 13.9 Å². The molecule has 7 nitrogen and oxygen atoms in total. The summed E-state index contributed by atoms with van der Waals surface area (Å²) in [7, 11) is 3.21. The van der Waals surface area contributed by atoms with Crippen molar-refractivity contribution in [3.63, 3.8) is 0 Å². The van der Waals surface area contributed by atoms with Crippen LogP contribution in [-0.4, -0.2) is 35.6 Å². The Kier molecular flexibility index (Phi) is 4.81. The van der Waals surface area contributed by atoms with Gasteiger partial charge in [0.25, 0.3) is 0 Å². The molecule has 7 heteroatoms. The second-order valence-corrected chi connectivity index (χ2v) is 6.85. The Balaban J connectivity index is 1.61. The Bertz CT molecular complexity index is 1060. The normalized spacial score (nSPS) is 13.5. The van der Waals surface area contributed by atoms with E-state index in [1.165, 1.54) is 4.57 Å². The third-order valence-electron chi connectivity index (χ3n) is 5.00. The Morgan fingerprint density at radius 1 is 1.18 bits per heavy atom. The average Bonchev–Trinajstić information content (AvgIpc) is 3.50. The van der Waals surface area contributed by atoms with Gasteiger partial charge in [-0.2, -0.15) is 0 Å². The van der Waals surface area contributed by atoms with Gasteiger partial charge in [0.15, 0.2) is 5.58 Å². The molecule has 146 valence electrons. The molecule has 1 heterocycles. The maximum absolute atomic E-state index is 13.1. The standard InChI is InChI=1S/C21H22N2O5/c1-26-16-9-10-18(27-2)14(11-16)12-22(15-7-8-15)20(24)13-23-17-5-3-4-6-19(17)28-21(23)25/h3-6,9-11,15H,7-8,12-13H2,1-2H3. The Hall–Kier alpha value is -3.22. The predicted octanol–water partition coefficient (Wildman–Crippen LogP) is 2.80. The van der Waals surface area contributed by atoms with Crippen LogP contribution in [-0.2, 0) is 17.9 Å². The maximum Gasteiger partial charge on any atom is 0.420 e. The lowest BCUT2D eigenvalue weighted by Gasteiger charge is -2.24. The highest BCUT2D eigenvalue weighted by molar-refractivity contribution is 5.80. The van der Waals surface area contributed by atoms with E-state index in [-0.39, 0.29) is 18.5 Å². The highest BCUT2D eigenvalue weighted by Crippen LogP contribution is 2.32. The van der Waals surface area contributed by atoms with E-state index in [0.717, 1.165) is 18.4 Å². The number of rotatable bonds is 7. The number of hydrogen-bond acceptors (Lipinski definition) is 5. The van der Waals surface area contributed by atoms with E-state index in [1.807, 2.05) is 29.2 Å². The van der Waals surface area contributed by atoms with Crippen molar-refractivity contribution in [1.29, 1.82) is 0 Å². The molecule has 1 saturated carbocycles. The molecule has 0 radical (unpaired) electrons. The summed E-state index contributed by atoms with van der Waals surface area (Å²) in [5.41, 5.74) is 1.97. The van der Waals surface area contributed by atoms with E-state index in [0.29, 0.717) is 29.1 Å². The topological polar surface area (TPSA) is 73.9 Å². The summed E-state index contributed by atoms with van der Waals surface area (Å²) in [6, 6.07) is 12.8. The highest BCUT2D eigenvalue weighted by atomic mass is 16.5. The Labute approximate surface area is 162 Å². The van der Waals surface area contributed by atoms with Crippen molar-refractivity contribution in [1.82, 2.24) is 9.47 Å². The zero-order chi connectivity index (χ0) is 19.7. The quantitative estimate of drug-likeness (QED) is 0.628. The third-order valence-corrected chi connectivity index (χ3v) is 5.00. The summed E-state index contributed by atoms with van der Waals surface area (Å²) >= 11 is 0. The van der Waals surface area contributed by atoms with Gasteiger partial charge in [0.2, 0.25) is 5.91 Å². The molecule has 1 aliphatic carbocycles. The van der Waals surface area contributed by atoms with E-state index in [1.54, 1.807) is 32.4 Å². The molecular formula is C21H22N2O5. The smallest absolute Gasteiger partial charge is 0.420 e. The van der Waals surface area contributed by atoms with Gasteiger partial charge >= 0.3 is 5.76 Å². The van der Waals surface area contributed by atoms with Crippen LogP contribution in [0.3, 0.4) is 0 Å². The van der Waals surface area contributed by atoms with Crippen molar-refractivity contribution >= 4 is 17.0 Å². The molecule has 1 aromatic heterocycles. The number of aromatic nitrogens is 1. The van der Waals surface area contributed by atoms with Crippen LogP contribution in [0.5, 0.6) is 11.5 Å². The molecule has 28 heavy (non-hydrogen) atoms. The fourth-order valence-corrected chi connectivity index (χ4v) is 3.39. The summed E-state index contributed by atoms with van der Waals surface area (Å²) < 4.78 is 17.4. The Morgan fingerprint density at radius 3 is 2.68 bits per heavy atom. The monoisotopic (exact) mass is 382 g/mol. The van der Waals surface area contributed by atoms with Crippen LogP contribution in [0.1, 0.15) is 18.4 Å². The van der Waals surface area contributed by atoms with Crippen LogP contribution < -0.4 is 15.2 Å². The molecule has 0 N–H and O–H groups in total. The van der Waals surface area contributed by atoms with Crippen LogP contribution in [0.2, 0.25) is 0 Å². The highest BCUT2D eigenvalue weighted by Gasteiger charge is 2.33. The van der Waals surface area contributed by atoms with Crippen molar-refractivity contribution in [2.75, 3.05) is 14.2 Å².